The SMILES string of the molecule is COC(=O)c1ccc(CCC[C@@H]2[C@@H](C#Cc3ccccc3)[C@H](O)C[C@H]2Cl)s1. The second-order valence-corrected chi connectivity index (χ2v) is 8.52. The summed E-state index contributed by atoms with van der Waals surface area (Å²) in [6.45, 7) is 0. The van der Waals surface area contributed by atoms with Gasteiger partial charge in [0.2, 0.25) is 0 Å². The van der Waals surface area contributed by atoms with E-state index in [0.29, 0.717) is 11.3 Å². The van der Waals surface area contributed by atoms with Crippen LogP contribution in [0.2, 0.25) is 0 Å². The summed E-state index contributed by atoms with van der Waals surface area (Å²) in [5, 5.41) is 10.3. The molecule has 2 aromatic rings. The molecule has 142 valence electrons. The van der Waals surface area contributed by atoms with Crippen molar-refractivity contribution in [1.29, 1.82) is 0 Å². The van der Waals surface area contributed by atoms with Crippen LogP contribution in [0.4, 0.5) is 0 Å². The number of aliphatic hydroxyl groups is 1. The Balaban J connectivity index is 1.59. The van der Waals surface area contributed by atoms with Crippen LogP contribution in [-0.4, -0.2) is 29.7 Å². The number of carbonyl (C=O) groups excluding carboxylic acids is 1. The standard InChI is InChI=1S/C22H23ClO3S/c1-26-22(25)21-13-11-16(27-21)8-5-9-17-18(20(24)14-19(17)23)12-10-15-6-3-2-4-7-15/h2-4,6-7,11,13,17-20,24H,5,8-9,14H2,1H3/t17-,18-,19-,20-/m1/s1. The highest BCUT2D eigenvalue weighted by atomic mass is 35.5. The molecule has 0 bridgehead atoms. The minimum Gasteiger partial charge on any atom is -0.465 e. The summed E-state index contributed by atoms with van der Waals surface area (Å²) in [7, 11) is 1.39. The van der Waals surface area contributed by atoms with Gasteiger partial charge in [-0.2, -0.15) is 0 Å². The van der Waals surface area contributed by atoms with Crippen LogP contribution in [0.1, 0.15) is 39.4 Å². The van der Waals surface area contributed by atoms with Crippen molar-refractivity contribution in [3.05, 3.63) is 57.8 Å². The molecule has 1 heterocycles. The molecule has 0 unspecified atom stereocenters. The molecule has 1 aromatic carbocycles. The quantitative estimate of drug-likeness (QED) is 0.454. The average Bonchev–Trinajstić information content (AvgIpc) is 3.25. The minimum absolute atomic E-state index is 0.0518. The second-order valence-electron chi connectivity index (χ2n) is 6.79. The number of benzene rings is 1. The number of aryl methyl sites for hydroxylation is 1. The third-order valence-electron chi connectivity index (χ3n) is 4.97. The number of halogens is 1. The summed E-state index contributed by atoms with van der Waals surface area (Å²) in [6.07, 6.45) is 2.86. The Hall–Kier alpha value is -1.80. The molecule has 0 aliphatic heterocycles. The number of thiophene rings is 1. The molecule has 1 saturated carbocycles. The number of alkyl halides is 1. The van der Waals surface area contributed by atoms with Crippen molar-refractivity contribution in [2.45, 2.75) is 37.2 Å². The zero-order valence-electron chi connectivity index (χ0n) is 15.2. The Kier molecular flexibility index (Phi) is 6.95. The first-order valence-electron chi connectivity index (χ1n) is 9.14. The van der Waals surface area contributed by atoms with Crippen molar-refractivity contribution in [1.82, 2.24) is 0 Å². The highest BCUT2D eigenvalue weighted by Gasteiger charge is 2.40. The molecule has 1 fully saturated rings. The molecule has 0 amide bonds. The Labute approximate surface area is 169 Å². The number of ether oxygens (including phenoxy) is 1. The number of aliphatic hydroxyl groups excluding tert-OH is 1. The molecule has 1 aliphatic carbocycles. The van der Waals surface area contributed by atoms with Crippen molar-refractivity contribution in [2.75, 3.05) is 7.11 Å². The molecule has 1 N–H and O–H groups in total. The first-order valence-corrected chi connectivity index (χ1v) is 10.4. The van der Waals surface area contributed by atoms with Crippen LogP contribution in [0, 0.1) is 23.7 Å². The maximum atomic E-state index is 11.5. The second kappa shape index (κ2) is 9.41. The number of rotatable bonds is 5. The number of carbonyl (C=O) groups is 1. The number of hydrogen-bond acceptors (Lipinski definition) is 4. The summed E-state index contributed by atoms with van der Waals surface area (Å²) < 4.78 is 4.75. The summed E-state index contributed by atoms with van der Waals surface area (Å²) >= 11 is 7.98. The number of esters is 1. The summed E-state index contributed by atoms with van der Waals surface area (Å²) in [4.78, 5) is 13.3. The molecule has 27 heavy (non-hydrogen) atoms. The first-order chi connectivity index (χ1) is 13.1. The van der Waals surface area contributed by atoms with E-state index in [0.717, 1.165) is 29.7 Å². The predicted octanol–water partition coefficient (Wildman–Crippen LogP) is 4.51. The highest BCUT2D eigenvalue weighted by Crippen LogP contribution is 2.39. The van der Waals surface area contributed by atoms with Gasteiger partial charge in [-0.05, 0) is 55.9 Å². The molecule has 0 saturated heterocycles. The fraction of sp³-hybridized carbons (Fsp3) is 0.409. The Morgan fingerprint density at radius 2 is 2.07 bits per heavy atom. The zero-order chi connectivity index (χ0) is 19.2. The molecule has 1 aliphatic rings. The molecule has 0 radical (unpaired) electrons. The van der Waals surface area contributed by atoms with Crippen LogP contribution < -0.4 is 0 Å². The molecular formula is C22H23ClO3S. The smallest absolute Gasteiger partial charge is 0.348 e. The lowest BCUT2D eigenvalue weighted by atomic mass is 9.90. The van der Waals surface area contributed by atoms with Crippen LogP contribution in [0.3, 0.4) is 0 Å². The number of methoxy groups -OCH3 is 1. The zero-order valence-corrected chi connectivity index (χ0v) is 16.8. The van der Waals surface area contributed by atoms with Gasteiger partial charge in [-0.1, -0.05) is 30.0 Å². The third-order valence-corrected chi connectivity index (χ3v) is 6.60. The third kappa shape index (κ3) is 5.13. The van der Waals surface area contributed by atoms with Crippen LogP contribution in [0.25, 0.3) is 0 Å². The normalized spacial score (nSPS) is 24.3. The molecule has 1 aromatic heterocycles. The van der Waals surface area contributed by atoms with Gasteiger partial charge in [0.25, 0.3) is 0 Å². The molecule has 5 heteroatoms. The van der Waals surface area contributed by atoms with Crippen molar-refractivity contribution in [2.24, 2.45) is 11.8 Å². The first kappa shape index (κ1) is 19.9. The van der Waals surface area contributed by atoms with Crippen LogP contribution in [0.15, 0.2) is 42.5 Å². The average molecular weight is 403 g/mol. The van der Waals surface area contributed by atoms with Crippen molar-refractivity contribution in [3.63, 3.8) is 0 Å². The number of hydrogen-bond donors (Lipinski definition) is 1. The van der Waals surface area contributed by atoms with Crippen molar-refractivity contribution in [3.8, 4) is 11.8 Å². The van der Waals surface area contributed by atoms with E-state index in [1.54, 1.807) is 0 Å². The van der Waals surface area contributed by atoms with Gasteiger partial charge in [-0.25, -0.2) is 4.79 Å². The summed E-state index contributed by atoms with van der Waals surface area (Å²) in [6, 6.07) is 13.6. The lowest BCUT2D eigenvalue weighted by Crippen LogP contribution is -2.19. The van der Waals surface area contributed by atoms with Gasteiger partial charge >= 0.3 is 5.97 Å². The van der Waals surface area contributed by atoms with Gasteiger partial charge in [0, 0.05) is 15.8 Å². The van der Waals surface area contributed by atoms with E-state index in [2.05, 4.69) is 11.8 Å². The van der Waals surface area contributed by atoms with Gasteiger partial charge in [0.15, 0.2) is 0 Å². The Morgan fingerprint density at radius 3 is 2.81 bits per heavy atom. The van der Waals surface area contributed by atoms with E-state index in [-0.39, 0.29) is 23.2 Å². The molecular weight excluding hydrogens is 380 g/mol. The van der Waals surface area contributed by atoms with Crippen molar-refractivity contribution < 1.29 is 14.6 Å². The molecule has 3 rings (SSSR count). The van der Waals surface area contributed by atoms with Gasteiger partial charge in [-0.15, -0.1) is 22.9 Å². The maximum Gasteiger partial charge on any atom is 0.348 e. The Morgan fingerprint density at radius 1 is 1.30 bits per heavy atom. The molecule has 4 atom stereocenters. The lowest BCUT2D eigenvalue weighted by molar-refractivity contribution is 0.0606. The Bertz CT molecular complexity index is 821. The summed E-state index contributed by atoms with van der Waals surface area (Å²) in [5.74, 6) is 6.23. The fourth-order valence-electron chi connectivity index (χ4n) is 3.55. The summed E-state index contributed by atoms with van der Waals surface area (Å²) in [5.41, 5.74) is 0.954. The van der Waals surface area contributed by atoms with Gasteiger partial charge in [0.05, 0.1) is 19.1 Å². The van der Waals surface area contributed by atoms with E-state index in [1.807, 2.05) is 42.5 Å². The largest absolute Gasteiger partial charge is 0.465 e. The van der Waals surface area contributed by atoms with Gasteiger partial charge < -0.3 is 9.84 Å². The fourth-order valence-corrected chi connectivity index (χ4v) is 4.98. The van der Waals surface area contributed by atoms with Crippen LogP contribution in [0.5, 0.6) is 0 Å². The minimum atomic E-state index is -0.471. The van der Waals surface area contributed by atoms with E-state index >= 15 is 0 Å². The van der Waals surface area contributed by atoms with Crippen molar-refractivity contribution >= 4 is 28.9 Å². The monoisotopic (exact) mass is 402 g/mol. The highest BCUT2D eigenvalue weighted by molar-refractivity contribution is 7.13. The van der Waals surface area contributed by atoms with Gasteiger partial charge in [0.1, 0.15) is 4.88 Å². The molecule has 3 nitrogen and oxygen atoms in total. The maximum absolute atomic E-state index is 11.5. The van der Waals surface area contributed by atoms with Crippen LogP contribution in [-0.2, 0) is 11.2 Å². The van der Waals surface area contributed by atoms with E-state index in [1.165, 1.54) is 18.4 Å². The molecule has 0 spiro atoms. The predicted molar refractivity (Wildman–Crippen MR) is 109 cm³/mol. The van der Waals surface area contributed by atoms with E-state index in [4.69, 9.17) is 16.3 Å². The topological polar surface area (TPSA) is 46.5 Å². The van der Waals surface area contributed by atoms with Crippen LogP contribution >= 0.6 is 22.9 Å². The van der Waals surface area contributed by atoms with Gasteiger partial charge in [-0.3, -0.25) is 0 Å². The lowest BCUT2D eigenvalue weighted by Gasteiger charge is -2.18. The van der Waals surface area contributed by atoms with E-state index in [9.17, 15) is 9.90 Å². The van der Waals surface area contributed by atoms with E-state index < -0.39 is 6.10 Å².